The molecule has 2 amide bonds. The topological polar surface area (TPSA) is 82.6 Å². The molecule has 1 N–H and O–H groups in total. The van der Waals surface area contributed by atoms with Crippen molar-refractivity contribution in [3.05, 3.63) is 47.1 Å². The van der Waals surface area contributed by atoms with Crippen molar-refractivity contribution < 1.29 is 22.0 Å². The number of carbonyl (C=O) groups excluding carboxylic acids is 1. The molecule has 2 aromatic rings. The maximum atomic E-state index is 13.5. The molecule has 1 aliphatic rings. The molecule has 3 rings (SSSR count). The Morgan fingerprint density at radius 3 is 2.31 bits per heavy atom. The molecule has 0 spiro atoms. The third-order valence-electron chi connectivity index (χ3n) is 5.48. The Kier molecular flexibility index (Phi) is 7.36. The first-order valence-electron chi connectivity index (χ1n) is 10.1. The summed E-state index contributed by atoms with van der Waals surface area (Å²) in [5.41, 5.74) is 0.702. The average Bonchev–Trinajstić information content (AvgIpc) is 2.72. The van der Waals surface area contributed by atoms with Crippen LogP contribution in [0, 0.1) is 11.6 Å². The molecule has 7 nitrogen and oxygen atoms in total. The van der Waals surface area contributed by atoms with Crippen LogP contribution in [0.5, 0.6) is 0 Å². The summed E-state index contributed by atoms with van der Waals surface area (Å²) in [5, 5.41) is 2.35. The molecule has 0 bridgehead atoms. The third kappa shape index (κ3) is 5.36. The Morgan fingerprint density at radius 2 is 1.78 bits per heavy atom. The number of hydrogen-bond acceptors (Lipinski definition) is 4. The maximum Gasteiger partial charge on any atom is 0.321 e. The number of halogens is 3. The number of rotatable bonds is 5. The molecule has 32 heavy (non-hydrogen) atoms. The minimum absolute atomic E-state index is 0.119. The van der Waals surface area contributed by atoms with Crippen LogP contribution in [0.3, 0.4) is 0 Å². The first-order valence-corrected chi connectivity index (χ1v) is 12.0. The first kappa shape index (κ1) is 24.3. The molecule has 0 saturated carbocycles. The van der Waals surface area contributed by atoms with Gasteiger partial charge in [0.25, 0.3) is 0 Å². The highest BCUT2D eigenvalue weighted by Gasteiger charge is 2.32. The van der Waals surface area contributed by atoms with Gasteiger partial charge in [-0.25, -0.2) is 26.3 Å². The van der Waals surface area contributed by atoms with Gasteiger partial charge in [0, 0.05) is 37.8 Å². The zero-order valence-electron chi connectivity index (χ0n) is 18.0. The van der Waals surface area contributed by atoms with Crippen molar-refractivity contribution in [1.29, 1.82) is 0 Å². The molecule has 0 aliphatic carbocycles. The van der Waals surface area contributed by atoms with Crippen LogP contribution < -0.4 is 5.32 Å². The van der Waals surface area contributed by atoms with Gasteiger partial charge >= 0.3 is 6.03 Å². The van der Waals surface area contributed by atoms with Crippen molar-refractivity contribution in [3.8, 4) is 11.3 Å². The van der Waals surface area contributed by atoms with Gasteiger partial charge in [0.15, 0.2) is 0 Å². The number of carbonyl (C=O) groups is 1. The van der Waals surface area contributed by atoms with Gasteiger partial charge in [0.1, 0.15) is 11.6 Å². The summed E-state index contributed by atoms with van der Waals surface area (Å²) in [5.74, 6) is -1.49. The quantitative estimate of drug-likeness (QED) is 0.681. The fourth-order valence-electron chi connectivity index (χ4n) is 3.57. The molecule has 1 aromatic heterocycles. The minimum Gasteiger partial charge on any atom is -0.325 e. The van der Waals surface area contributed by atoms with E-state index < -0.39 is 32.9 Å². The van der Waals surface area contributed by atoms with Crippen molar-refractivity contribution >= 4 is 33.3 Å². The fourth-order valence-corrected chi connectivity index (χ4v) is 5.16. The van der Waals surface area contributed by atoms with Crippen LogP contribution in [0.2, 0.25) is 5.02 Å². The predicted molar refractivity (Wildman–Crippen MR) is 120 cm³/mol. The van der Waals surface area contributed by atoms with Gasteiger partial charge in [-0.05, 0) is 44.9 Å². The number of anilines is 1. The molecule has 1 aromatic carbocycles. The van der Waals surface area contributed by atoms with Gasteiger partial charge in [0.2, 0.25) is 10.0 Å². The molecule has 1 saturated heterocycles. The first-order chi connectivity index (χ1) is 15.0. The fraction of sp³-hybridized carbons (Fsp3) is 0.429. The number of hydrogen-bond donors (Lipinski definition) is 1. The second-order valence-corrected chi connectivity index (χ2v) is 10.9. The van der Waals surface area contributed by atoms with Gasteiger partial charge in [-0.15, -0.1) is 0 Å². The van der Waals surface area contributed by atoms with Crippen molar-refractivity contribution in [3.63, 3.8) is 0 Å². The van der Waals surface area contributed by atoms with Crippen LogP contribution in [0.15, 0.2) is 30.5 Å². The standard InChI is InChI=1S/C21H25ClF2N4O3S/c1-13(2)32(30,31)28-6-4-18(5-7-28)27(3)21(29)26-17-11-19(22)20(25-12-17)14-8-15(23)10-16(24)9-14/h8-13,18H,4-7H2,1-3H3,(H,26,29). The van der Waals surface area contributed by atoms with Crippen LogP contribution >= 0.6 is 11.6 Å². The van der Waals surface area contributed by atoms with Gasteiger partial charge in [-0.1, -0.05) is 11.6 Å². The summed E-state index contributed by atoms with van der Waals surface area (Å²) >= 11 is 6.23. The number of aromatic nitrogens is 1. The van der Waals surface area contributed by atoms with E-state index in [1.807, 2.05) is 0 Å². The number of pyridine rings is 1. The lowest BCUT2D eigenvalue weighted by atomic mass is 10.1. The summed E-state index contributed by atoms with van der Waals surface area (Å²) in [4.78, 5) is 18.3. The molecule has 174 valence electrons. The van der Waals surface area contributed by atoms with Crippen molar-refractivity contribution in [1.82, 2.24) is 14.2 Å². The summed E-state index contributed by atoms with van der Waals surface area (Å²) in [6.45, 7) is 4.01. The van der Waals surface area contributed by atoms with Gasteiger partial charge in [-0.3, -0.25) is 4.98 Å². The summed E-state index contributed by atoms with van der Waals surface area (Å²) in [7, 11) is -1.67. The number of nitrogens with zero attached hydrogens (tertiary/aromatic N) is 3. The molecular formula is C21H25ClF2N4O3S. The number of urea groups is 1. The average molecular weight is 487 g/mol. The van der Waals surface area contributed by atoms with E-state index in [9.17, 15) is 22.0 Å². The third-order valence-corrected chi connectivity index (χ3v) is 8.04. The van der Waals surface area contributed by atoms with Gasteiger partial charge in [0.05, 0.1) is 27.9 Å². The van der Waals surface area contributed by atoms with E-state index in [0.717, 1.165) is 18.2 Å². The second kappa shape index (κ2) is 9.68. The lowest BCUT2D eigenvalue weighted by Gasteiger charge is -2.36. The number of sulfonamides is 1. The maximum absolute atomic E-state index is 13.5. The molecular weight excluding hydrogens is 462 g/mol. The van der Waals surface area contributed by atoms with Crippen LogP contribution in [0.1, 0.15) is 26.7 Å². The van der Waals surface area contributed by atoms with Crippen LogP contribution in [-0.2, 0) is 10.0 Å². The normalized spacial score (nSPS) is 15.7. The highest BCUT2D eigenvalue weighted by atomic mass is 35.5. The molecule has 0 unspecified atom stereocenters. The number of piperidine rings is 1. The smallest absolute Gasteiger partial charge is 0.321 e. The molecule has 1 fully saturated rings. The Hall–Kier alpha value is -2.30. The van der Waals surface area contributed by atoms with Crippen LogP contribution in [0.25, 0.3) is 11.3 Å². The summed E-state index contributed by atoms with van der Waals surface area (Å²) in [6.07, 6.45) is 2.41. The van der Waals surface area contributed by atoms with E-state index in [1.54, 1.807) is 20.9 Å². The van der Waals surface area contributed by atoms with E-state index in [1.165, 1.54) is 21.5 Å². The summed E-state index contributed by atoms with van der Waals surface area (Å²) < 4.78 is 53.0. The van der Waals surface area contributed by atoms with E-state index in [2.05, 4.69) is 10.3 Å². The van der Waals surface area contributed by atoms with E-state index in [0.29, 0.717) is 31.6 Å². The Balaban J connectivity index is 1.64. The minimum atomic E-state index is -3.31. The zero-order valence-corrected chi connectivity index (χ0v) is 19.6. The molecule has 1 aliphatic heterocycles. The molecule has 11 heteroatoms. The largest absolute Gasteiger partial charge is 0.325 e. The van der Waals surface area contributed by atoms with E-state index in [-0.39, 0.29) is 22.3 Å². The highest BCUT2D eigenvalue weighted by Crippen LogP contribution is 2.29. The zero-order chi connectivity index (χ0) is 23.6. The molecule has 0 atom stereocenters. The van der Waals surface area contributed by atoms with Crippen LogP contribution in [-0.4, -0.2) is 60.1 Å². The Morgan fingerprint density at radius 1 is 1.19 bits per heavy atom. The molecule has 0 radical (unpaired) electrons. The monoisotopic (exact) mass is 486 g/mol. The van der Waals surface area contributed by atoms with E-state index >= 15 is 0 Å². The predicted octanol–water partition coefficient (Wildman–Crippen LogP) is 4.35. The second-order valence-electron chi connectivity index (χ2n) is 7.98. The van der Waals surface area contributed by atoms with Gasteiger partial charge < -0.3 is 10.2 Å². The molecule has 2 heterocycles. The van der Waals surface area contributed by atoms with Crippen molar-refractivity contribution in [2.45, 2.75) is 38.0 Å². The lowest BCUT2D eigenvalue weighted by molar-refractivity contribution is 0.173. The summed E-state index contributed by atoms with van der Waals surface area (Å²) in [6, 6.07) is 3.94. The van der Waals surface area contributed by atoms with Crippen LogP contribution in [0.4, 0.5) is 19.3 Å². The Bertz CT molecular complexity index is 1090. The SMILES string of the molecule is CC(C)S(=O)(=O)N1CCC(N(C)C(=O)Nc2cnc(-c3cc(F)cc(F)c3)c(Cl)c2)CC1. The number of nitrogens with one attached hydrogen (secondary N) is 1. The Labute approximate surface area is 191 Å². The highest BCUT2D eigenvalue weighted by molar-refractivity contribution is 7.89. The number of benzene rings is 1. The van der Waals surface area contributed by atoms with Crippen molar-refractivity contribution in [2.24, 2.45) is 0 Å². The lowest BCUT2D eigenvalue weighted by Crippen LogP contribution is -2.49. The number of amides is 2. The van der Waals surface area contributed by atoms with Crippen molar-refractivity contribution in [2.75, 3.05) is 25.5 Å². The van der Waals surface area contributed by atoms with E-state index in [4.69, 9.17) is 11.6 Å². The van der Waals surface area contributed by atoms with Gasteiger partial charge in [-0.2, -0.15) is 0 Å².